The zero-order valence-corrected chi connectivity index (χ0v) is 17.0. The molecule has 0 bridgehead atoms. The maximum atomic E-state index is 12.7. The summed E-state index contributed by atoms with van der Waals surface area (Å²) < 4.78 is 16.0. The molecule has 1 heterocycles. The molecule has 154 valence electrons. The first kappa shape index (κ1) is 20.5. The van der Waals surface area contributed by atoms with Gasteiger partial charge in [-0.3, -0.25) is 9.59 Å². The van der Waals surface area contributed by atoms with E-state index in [1.807, 2.05) is 0 Å². The number of benzene rings is 2. The summed E-state index contributed by atoms with van der Waals surface area (Å²) in [5.41, 5.74) is 1.67. The highest BCUT2D eigenvalue weighted by Gasteiger charge is 2.25. The molecular formula is C22H26N2O5. The van der Waals surface area contributed by atoms with Gasteiger partial charge in [0.2, 0.25) is 0 Å². The van der Waals surface area contributed by atoms with Crippen LogP contribution in [0.4, 0.5) is 11.4 Å². The molecule has 0 aromatic heterocycles. The number of unbranched alkanes of at least 4 members (excludes halogenated alkanes) is 2. The first-order valence-corrected chi connectivity index (χ1v) is 9.67. The van der Waals surface area contributed by atoms with Gasteiger partial charge < -0.3 is 24.4 Å². The zero-order chi connectivity index (χ0) is 20.8. The van der Waals surface area contributed by atoms with Gasteiger partial charge in [0, 0.05) is 23.9 Å². The van der Waals surface area contributed by atoms with Crippen LogP contribution in [0.5, 0.6) is 17.2 Å². The third-order valence-corrected chi connectivity index (χ3v) is 4.76. The second-order valence-corrected chi connectivity index (χ2v) is 6.78. The summed E-state index contributed by atoms with van der Waals surface area (Å²) in [5, 5.41) is 2.87. The van der Waals surface area contributed by atoms with Gasteiger partial charge >= 0.3 is 0 Å². The SMILES string of the molecule is CCCCCN1C(=O)COc2ccc(NC(=O)c3cc(OC)cc(OC)c3)cc21. The number of rotatable bonds is 8. The van der Waals surface area contributed by atoms with E-state index in [0.717, 1.165) is 19.3 Å². The molecule has 0 spiro atoms. The molecule has 0 radical (unpaired) electrons. The van der Waals surface area contributed by atoms with E-state index in [9.17, 15) is 9.59 Å². The van der Waals surface area contributed by atoms with Crippen LogP contribution in [0, 0.1) is 0 Å². The Morgan fingerprint density at radius 2 is 1.83 bits per heavy atom. The monoisotopic (exact) mass is 398 g/mol. The van der Waals surface area contributed by atoms with Gasteiger partial charge in [-0.25, -0.2) is 0 Å². The molecule has 7 heteroatoms. The van der Waals surface area contributed by atoms with Crippen molar-refractivity contribution in [2.45, 2.75) is 26.2 Å². The van der Waals surface area contributed by atoms with Crippen molar-refractivity contribution in [1.29, 1.82) is 0 Å². The number of methoxy groups -OCH3 is 2. The number of amides is 2. The lowest BCUT2D eigenvalue weighted by molar-refractivity contribution is -0.121. The second-order valence-electron chi connectivity index (χ2n) is 6.78. The minimum atomic E-state index is -0.303. The molecule has 0 fully saturated rings. The van der Waals surface area contributed by atoms with Gasteiger partial charge in [0.1, 0.15) is 17.2 Å². The molecule has 0 aliphatic carbocycles. The fourth-order valence-corrected chi connectivity index (χ4v) is 3.19. The standard InChI is InChI=1S/C22H26N2O5/c1-4-5-6-9-24-19-12-16(7-8-20(19)29-14-21(24)25)23-22(26)15-10-17(27-2)13-18(11-15)28-3/h7-8,10-13H,4-6,9,14H2,1-3H3,(H,23,26). The summed E-state index contributed by atoms with van der Waals surface area (Å²) >= 11 is 0. The van der Waals surface area contributed by atoms with E-state index < -0.39 is 0 Å². The Morgan fingerprint density at radius 1 is 1.10 bits per heavy atom. The number of fused-ring (bicyclic) bond motifs is 1. The minimum Gasteiger partial charge on any atom is -0.497 e. The second kappa shape index (κ2) is 9.32. The lowest BCUT2D eigenvalue weighted by Crippen LogP contribution is -2.39. The molecule has 2 amide bonds. The largest absolute Gasteiger partial charge is 0.497 e. The van der Waals surface area contributed by atoms with Crippen LogP contribution >= 0.6 is 0 Å². The van der Waals surface area contributed by atoms with Crippen molar-refractivity contribution in [2.75, 3.05) is 37.6 Å². The van der Waals surface area contributed by atoms with Crippen LogP contribution in [-0.4, -0.2) is 39.2 Å². The third kappa shape index (κ3) is 4.80. The molecule has 29 heavy (non-hydrogen) atoms. The molecule has 1 aliphatic heterocycles. The van der Waals surface area contributed by atoms with Gasteiger partial charge in [0.15, 0.2) is 6.61 Å². The first-order chi connectivity index (χ1) is 14.0. The summed E-state index contributed by atoms with van der Waals surface area (Å²) in [7, 11) is 3.06. The van der Waals surface area contributed by atoms with Crippen LogP contribution in [0.1, 0.15) is 36.5 Å². The predicted molar refractivity (Wildman–Crippen MR) is 111 cm³/mol. The van der Waals surface area contributed by atoms with E-state index in [1.165, 1.54) is 14.2 Å². The molecule has 3 rings (SSSR count). The molecule has 0 unspecified atom stereocenters. The smallest absolute Gasteiger partial charge is 0.265 e. The van der Waals surface area contributed by atoms with Crippen molar-refractivity contribution in [3.8, 4) is 17.2 Å². The summed E-state index contributed by atoms with van der Waals surface area (Å²) in [6, 6.07) is 10.3. The van der Waals surface area contributed by atoms with E-state index in [4.69, 9.17) is 14.2 Å². The van der Waals surface area contributed by atoms with Gasteiger partial charge in [-0.1, -0.05) is 19.8 Å². The topological polar surface area (TPSA) is 77.1 Å². The Kier molecular flexibility index (Phi) is 6.59. The van der Waals surface area contributed by atoms with Crippen molar-refractivity contribution in [2.24, 2.45) is 0 Å². The van der Waals surface area contributed by atoms with E-state index in [-0.39, 0.29) is 18.4 Å². The maximum absolute atomic E-state index is 12.7. The Balaban J connectivity index is 1.82. The van der Waals surface area contributed by atoms with Crippen LogP contribution in [0.15, 0.2) is 36.4 Å². The summed E-state index contributed by atoms with van der Waals surface area (Å²) in [6.07, 6.45) is 3.04. The number of carbonyl (C=O) groups excluding carboxylic acids is 2. The maximum Gasteiger partial charge on any atom is 0.265 e. The highest BCUT2D eigenvalue weighted by atomic mass is 16.5. The highest BCUT2D eigenvalue weighted by molar-refractivity contribution is 6.06. The van der Waals surface area contributed by atoms with E-state index >= 15 is 0 Å². The van der Waals surface area contributed by atoms with Crippen molar-refractivity contribution in [3.63, 3.8) is 0 Å². The number of nitrogens with one attached hydrogen (secondary N) is 1. The van der Waals surface area contributed by atoms with Gasteiger partial charge in [-0.2, -0.15) is 0 Å². The summed E-state index contributed by atoms with van der Waals surface area (Å²) in [6.45, 7) is 2.79. The van der Waals surface area contributed by atoms with E-state index in [2.05, 4.69) is 12.2 Å². The average molecular weight is 398 g/mol. The van der Waals surface area contributed by atoms with Crippen LogP contribution in [0.2, 0.25) is 0 Å². The van der Waals surface area contributed by atoms with Crippen molar-refractivity contribution in [3.05, 3.63) is 42.0 Å². The summed E-state index contributed by atoms with van der Waals surface area (Å²) in [5.74, 6) is 1.32. The molecule has 2 aromatic rings. The van der Waals surface area contributed by atoms with Gasteiger partial charge in [0.25, 0.3) is 11.8 Å². The normalized spacial score (nSPS) is 12.8. The third-order valence-electron chi connectivity index (χ3n) is 4.76. The Bertz CT molecular complexity index is 875. The Morgan fingerprint density at radius 3 is 2.48 bits per heavy atom. The Labute approximate surface area is 170 Å². The molecule has 1 aliphatic rings. The van der Waals surface area contributed by atoms with Gasteiger partial charge in [0.05, 0.1) is 19.9 Å². The quantitative estimate of drug-likeness (QED) is 0.683. The fraction of sp³-hybridized carbons (Fsp3) is 0.364. The molecule has 0 saturated carbocycles. The van der Waals surface area contributed by atoms with Gasteiger partial charge in [-0.15, -0.1) is 0 Å². The number of hydrogen-bond acceptors (Lipinski definition) is 5. The molecule has 1 N–H and O–H groups in total. The molecule has 0 atom stereocenters. The molecule has 2 aromatic carbocycles. The minimum absolute atomic E-state index is 0.0361. The van der Waals surface area contributed by atoms with E-state index in [0.29, 0.717) is 40.7 Å². The van der Waals surface area contributed by atoms with Crippen molar-refractivity contribution in [1.82, 2.24) is 0 Å². The number of ether oxygens (including phenoxy) is 3. The predicted octanol–water partition coefficient (Wildman–Crippen LogP) is 3.87. The lowest BCUT2D eigenvalue weighted by atomic mass is 10.1. The number of hydrogen-bond donors (Lipinski definition) is 1. The molecule has 0 saturated heterocycles. The van der Waals surface area contributed by atoms with Crippen LogP contribution in [0.25, 0.3) is 0 Å². The number of anilines is 2. The highest BCUT2D eigenvalue weighted by Crippen LogP contribution is 2.35. The Hall–Kier alpha value is -3.22. The number of nitrogens with zero attached hydrogens (tertiary/aromatic N) is 1. The summed E-state index contributed by atoms with van der Waals surface area (Å²) in [4.78, 5) is 26.8. The average Bonchev–Trinajstić information content (AvgIpc) is 2.74. The molecule has 7 nitrogen and oxygen atoms in total. The van der Waals surface area contributed by atoms with Gasteiger partial charge in [-0.05, 0) is 36.8 Å². The van der Waals surface area contributed by atoms with Crippen molar-refractivity contribution < 1.29 is 23.8 Å². The molecular weight excluding hydrogens is 372 g/mol. The van der Waals surface area contributed by atoms with Crippen LogP contribution in [0.3, 0.4) is 0 Å². The van der Waals surface area contributed by atoms with Crippen molar-refractivity contribution >= 4 is 23.2 Å². The first-order valence-electron chi connectivity index (χ1n) is 9.67. The lowest BCUT2D eigenvalue weighted by Gasteiger charge is -2.30. The van der Waals surface area contributed by atoms with E-state index in [1.54, 1.807) is 41.3 Å². The zero-order valence-electron chi connectivity index (χ0n) is 17.0. The van der Waals surface area contributed by atoms with Crippen LogP contribution < -0.4 is 24.4 Å². The number of carbonyl (C=O) groups is 2. The fourth-order valence-electron chi connectivity index (χ4n) is 3.19. The van der Waals surface area contributed by atoms with Crippen LogP contribution in [-0.2, 0) is 4.79 Å².